The van der Waals surface area contributed by atoms with E-state index in [2.05, 4.69) is 10.2 Å². The van der Waals surface area contributed by atoms with E-state index in [0.717, 1.165) is 55.8 Å². The smallest absolute Gasteiger partial charge is 0.407 e. The molecule has 1 saturated carbocycles. The number of amides is 1. The Morgan fingerprint density at radius 3 is 2.75 bits per heavy atom. The number of halogens is 1. The summed E-state index contributed by atoms with van der Waals surface area (Å²) in [6, 6.07) is 5.93. The Kier molecular flexibility index (Phi) is 7.10. The fourth-order valence-corrected chi connectivity index (χ4v) is 3.67. The van der Waals surface area contributed by atoms with Gasteiger partial charge in [-0.05, 0) is 88.6 Å². The first kappa shape index (κ1) is 21.3. The third kappa shape index (κ3) is 7.17. The molecule has 0 aromatic heterocycles. The molecule has 1 amide bonds. The topological polar surface area (TPSA) is 50.8 Å². The molecular weight excluding hydrogens is 376 g/mol. The van der Waals surface area contributed by atoms with Gasteiger partial charge in [0, 0.05) is 24.7 Å². The van der Waals surface area contributed by atoms with Crippen LogP contribution < -0.4 is 10.1 Å². The van der Waals surface area contributed by atoms with E-state index in [0.29, 0.717) is 12.5 Å². The fourth-order valence-electron chi connectivity index (χ4n) is 3.48. The SMILES string of the molecule is CC(C)(C)OC(=O)NC[C@@H]1CCN(CCc2cc(Cl)ccc2OCC2CC2)C1. The van der Waals surface area contributed by atoms with Crippen molar-refractivity contribution in [2.24, 2.45) is 11.8 Å². The maximum atomic E-state index is 11.8. The van der Waals surface area contributed by atoms with E-state index in [1.807, 2.05) is 39.0 Å². The normalized spacial score (nSPS) is 20.2. The van der Waals surface area contributed by atoms with Crippen molar-refractivity contribution in [3.63, 3.8) is 0 Å². The maximum absolute atomic E-state index is 11.8. The molecule has 5 nitrogen and oxygen atoms in total. The van der Waals surface area contributed by atoms with Crippen LogP contribution in [-0.2, 0) is 11.2 Å². The number of nitrogens with zero attached hydrogens (tertiary/aromatic N) is 1. The minimum absolute atomic E-state index is 0.331. The van der Waals surface area contributed by atoms with Crippen LogP contribution in [0.3, 0.4) is 0 Å². The van der Waals surface area contributed by atoms with Crippen LogP contribution in [0.5, 0.6) is 5.75 Å². The van der Waals surface area contributed by atoms with Gasteiger partial charge in [0.1, 0.15) is 11.4 Å². The highest BCUT2D eigenvalue weighted by Gasteiger charge is 2.25. The van der Waals surface area contributed by atoms with E-state index in [9.17, 15) is 4.79 Å². The van der Waals surface area contributed by atoms with Gasteiger partial charge in [0.25, 0.3) is 0 Å². The summed E-state index contributed by atoms with van der Waals surface area (Å²) in [4.78, 5) is 14.3. The fraction of sp³-hybridized carbons (Fsp3) is 0.682. The van der Waals surface area contributed by atoms with Crippen molar-refractivity contribution >= 4 is 17.7 Å². The predicted octanol–water partition coefficient (Wildman–Crippen LogP) is 4.52. The second-order valence-corrected chi connectivity index (χ2v) is 9.53. The van der Waals surface area contributed by atoms with E-state index in [-0.39, 0.29) is 6.09 Å². The third-order valence-corrected chi connectivity index (χ3v) is 5.43. The van der Waals surface area contributed by atoms with Gasteiger partial charge in [-0.25, -0.2) is 4.79 Å². The molecule has 3 rings (SSSR count). The number of hydrogen-bond donors (Lipinski definition) is 1. The highest BCUT2D eigenvalue weighted by Crippen LogP contribution is 2.31. The molecule has 1 aliphatic heterocycles. The number of carbonyl (C=O) groups excluding carboxylic acids is 1. The maximum Gasteiger partial charge on any atom is 0.407 e. The van der Waals surface area contributed by atoms with Crippen LogP contribution in [0.4, 0.5) is 4.79 Å². The van der Waals surface area contributed by atoms with Crippen molar-refractivity contribution in [2.75, 3.05) is 32.8 Å². The molecular formula is C22H33ClN2O3. The summed E-state index contributed by atoms with van der Waals surface area (Å²) in [5.74, 6) is 2.18. The Bertz CT molecular complexity index is 670. The van der Waals surface area contributed by atoms with Gasteiger partial charge in [-0.2, -0.15) is 0 Å². The van der Waals surface area contributed by atoms with Crippen LogP contribution in [0.15, 0.2) is 18.2 Å². The molecule has 0 bridgehead atoms. The molecule has 1 heterocycles. The summed E-state index contributed by atoms with van der Waals surface area (Å²) in [6.07, 6.45) is 4.26. The molecule has 28 heavy (non-hydrogen) atoms. The van der Waals surface area contributed by atoms with E-state index in [1.54, 1.807) is 0 Å². The lowest BCUT2D eigenvalue weighted by Gasteiger charge is -2.21. The summed E-state index contributed by atoms with van der Waals surface area (Å²) in [6.45, 7) is 10.1. The Hall–Kier alpha value is -1.46. The number of likely N-dealkylation sites (tertiary alicyclic amines) is 1. The summed E-state index contributed by atoms with van der Waals surface area (Å²) in [5, 5.41) is 3.66. The molecule has 1 aromatic rings. The largest absolute Gasteiger partial charge is 0.493 e. The van der Waals surface area contributed by atoms with Gasteiger partial charge in [0.2, 0.25) is 0 Å². The van der Waals surface area contributed by atoms with Crippen LogP contribution in [0, 0.1) is 11.8 Å². The van der Waals surface area contributed by atoms with Gasteiger partial charge in [0.15, 0.2) is 0 Å². The van der Waals surface area contributed by atoms with Gasteiger partial charge >= 0.3 is 6.09 Å². The van der Waals surface area contributed by atoms with E-state index >= 15 is 0 Å². The number of hydrogen-bond acceptors (Lipinski definition) is 4. The van der Waals surface area contributed by atoms with Crippen molar-refractivity contribution in [3.05, 3.63) is 28.8 Å². The van der Waals surface area contributed by atoms with Gasteiger partial charge in [0.05, 0.1) is 6.61 Å². The predicted molar refractivity (Wildman–Crippen MR) is 112 cm³/mol. The first-order valence-electron chi connectivity index (χ1n) is 10.4. The average Bonchev–Trinajstić information content (AvgIpc) is 3.33. The lowest BCUT2D eigenvalue weighted by Crippen LogP contribution is -2.36. The molecule has 2 aliphatic rings. The minimum atomic E-state index is -0.456. The molecule has 156 valence electrons. The Morgan fingerprint density at radius 2 is 2.04 bits per heavy atom. The van der Waals surface area contributed by atoms with E-state index < -0.39 is 5.60 Å². The average molecular weight is 409 g/mol. The summed E-state index contributed by atoms with van der Waals surface area (Å²) in [7, 11) is 0. The quantitative estimate of drug-likeness (QED) is 0.687. The van der Waals surface area contributed by atoms with E-state index in [4.69, 9.17) is 21.1 Å². The van der Waals surface area contributed by atoms with E-state index in [1.165, 1.54) is 18.4 Å². The number of ether oxygens (including phenoxy) is 2. The highest BCUT2D eigenvalue weighted by atomic mass is 35.5. The standard InChI is InChI=1S/C22H33ClN2O3/c1-22(2,3)28-21(26)24-13-17-8-10-25(14-17)11-9-18-12-19(23)6-7-20(18)27-15-16-4-5-16/h6-7,12,16-17H,4-5,8-11,13-15H2,1-3H3,(H,24,26)/t17-/m0/s1. The summed E-state index contributed by atoms with van der Waals surface area (Å²) < 4.78 is 11.3. The molecule has 0 radical (unpaired) electrons. The molecule has 0 unspecified atom stereocenters. The molecule has 2 fully saturated rings. The Labute approximate surface area is 173 Å². The lowest BCUT2D eigenvalue weighted by molar-refractivity contribution is 0.0519. The van der Waals surface area contributed by atoms with Gasteiger partial charge < -0.3 is 19.7 Å². The highest BCUT2D eigenvalue weighted by molar-refractivity contribution is 6.30. The zero-order valence-electron chi connectivity index (χ0n) is 17.3. The van der Waals surface area contributed by atoms with Crippen molar-refractivity contribution in [2.45, 2.75) is 52.1 Å². The number of carbonyl (C=O) groups is 1. The Balaban J connectivity index is 1.42. The zero-order chi connectivity index (χ0) is 20.1. The zero-order valence-corrected chi connectivity index (χ0v) is 18.1. The number of nitrogens with one attached hydrogen (secondary N) is 1. The van der Waals surface area contributed by atoms with Crippen molar-refractivity contribution in [1.29, 1.82) is 0 Å². The van der Waals surface area contributed by atoms with Gasteiger partial charge in [-0.3, -0.25) is 0 Å². The van der Waals surface area contributed by atoms with Crippen LogP contribution in [-0.4, -0.2) is 49.4 Å². The summed E-state index contributed by atoms with van der Waals surface area (Å²) in [5.41, 5.74) is 0.727. The number of rotatable bonds is 8. The number of alkyl carbamates (subject to hydrolysis) is 1. The minimum Gasteiger partial charge on any atom is -0.493 e. The molecule has 1 aromatic carbocycles. The van der Waals surface area contributed by atoms with Crippen LogP contribution in [0.2, 0.25) is 5.02 Å². The van der Waals surface area contributed by atoms with Crippen LogP contribution >= 0.6 is 11.6 Å². The molecule has 6 heteroatoms. The van der Waals surface area contributed by atoms with Crippen molar-refractivity contribution in [3.8, 4) is 5.75 Å². The van der Waals surface area contributed by atoms with Gasteiger partial charge in [-0.15, -0.1) is 0 Å². The lowest BCUT2D eigenvalue weighted by atomic mass is 10.1. The second kappa shape index (κ2) is 9.36. The van der Waals surface area contributed by atoms with Crippen LogP contribution in [0.1, 0.15) is 45.6 Å². The van der Waals surface area contributed by atoms with Crippen molar-refractivity contribution < 1.29 is 14.3 Å². The first-order valence-corrected chi connectivity index (χ1v) is 10.8. The van der Waals surface area contributed by atoms with Crippen LogP contribution in [0.25, 0.3) is 0 Å². The first-order chi connectivity index (χ1) is 13.3. The second-order valence-electron chi connectivity index (χ2n) is 9.09. The number of benzene rings is 1. The monoisotopic (exact) mass is 408 g/mol. The molecule has 0 spiro atoms. The van der Waals surface area contributed by atoms with Gasteiger partial charge in [-0.1, -0.05) is 11.6 Å². The third-order valence-electron chi connectivity index (χ3n) is 5.20. The molecule has 1 N–H and O–H groups in total. The summed E-state index contributed by atoms with van der Waals surface area (Å²) >= 11 is 6.21. The Morgan fingerprint density at radius 1 is 1.25 bits per heavy atom. The molecule has 1 aliphatic carbocycles. The van der Waals surface area contributed by atoms with Crippen molar-refractivity contribution in [1.82, 2.24) is 10.2 Å². The molecule has 1 saturated heterocycles. The molecule has 1 atom stereocenters.